The average Bonchev–Trinajstić information content (AvgIpc) is 2.45. The van der Waals surface area contributed by atoms with E-state index in [1.54, 1.807) is 0 Å². The molecule has 3 heteroatoms. The van der Waals surface area contributed by atoms with E-state index in [2.05, 4.69) is 24.4 Å². The molecule has 0 atom stereocenters. The summed E-state index contributed by atoms with van der Waals surface area (Å²) in [5, 5.41) is 4.16. The Bertz CT molecular complexity index is 435. The van der Waals surface area contributed by atoms with Gasteiger partial charge in [-0.05, 0) is 25.8 Å². The molecule has 0 radical (unpaired) electrons. The highest BCUT2D eigenvalue weighted by molar-refractivity contribution is 5.99. The molecule has 0 saturated carbocycles. The monoisotopic (exact) mass is 274 g/mol. The van der Waals surface area contributed by atoms with Gasteiger partial charge in [0.1, 0.15) is 0 Å². The molecule has 0 heterocycles. The first kappa shape index (κ1) is 16.4. The van der Waals surface area contributed by atoms with Gasteiger partial charge in [0.25, 0.3) is 0 Å². The van der Waals surface area contributed by atoms with Crippen LogP contribution >= 0.6 is 0 Å². The van der Waals surface area contributed by atoms with E-state index in [4.69, 9.17) is 0 Å². The zero-order valence-electron chi connectivity index (χ0n) is 12.9. The van der Waals surface area contributed by atoms with E-state index >= 15 is 0 Å². The van der Waals surface area contributed by atoms with E-state index in [1.165, 1.54) is 24.8 Å². The Morgan fingerprint density at radius 2 is 1.75 bits per heavy atom. The molecule has 1 aromatic rings. The molecular weight excluding hydrogens is 248 g/mol. The van der Waals surface area contributed by atoms with Gasteiger partial charge >= 0.3 is 0 Å². The van der Waals surface area contributed by atoms with Gasteiger partial charge in [-0.3, -0.25) is 4.79 Å². The minimum Gasteiger partial charge on any atom is -0.273 e. The van der Waals surface area contributed by atoms with Gasteiger partial charge in [0.05, 0.1) is 5.71 Å². The van der Waals surface area contributed by atoms with Crippen molar-refractivity contribution in [3.05, 3.63) is 35.4 Å². The van der Waals surface area contributed by atoms with Crippen LogP contribution in [0.5, 0.6) is 0 Å². The van der Waals surface area contributed by atoms with Gasteiger partial charge < -0.3 is 0 Å². The van der Waals surface area contributed by atoms with Gasteiger partial charge in [-0.25, -0.2) is 5.43 Å². The Morgan fingerprint density at radius 1 is 1.10 bits per heavy atom. The molecule has 0 fully saturated rings. The molecule has 1 aromatic carbocycles. The number of rotatable bonds is 8. The number of nitrogens with one attached hydrogen (secondary N) is 1. The number of carbonyl (C=O) groups excluding carboxylic acids is 1. The third-order valence-electron chi connectivity index (χ3n) is 3.33. The van der Waals surface area contributed by atoms with E-state index in [1.807, 2.05) is 31.2 Å². The molecule has 0 aromatic heterocycles. The highest BCUT2D eigenvalue weighted by Crippen LogP contribution is 2.06. The van der Waals surface area contributed by atoms with Gasteiger partial charge in [0.15, 0.2) is 0 Å². The Labute approximate surface area is 122 Å². The first-order valence-electron chi connectivity index (χ1n) is 7.53. The topological polar surface area (TPSA) is 41.5 Å². The minimum atomic E-state index is 0.00737. The number of benzene rings is 1. The van der Waals surface area contributed by atoms with E-state index in [0.29, 0.717) is 6.42 Å². The second-order valence-electron chi connectivity index (χ2n) is 5.26. The van der Waals surface area contributed by atoms with Crippen LogP contribution in [0.3, 0.4) is 0 Å². The van der Waals surface area contributed by atoms with Crippen molar-refractivity contribution in [3.8, 4) is 0 Å². The van der Waals surface area contributed by atoms with Crippen LogP contribution in [0.4, 0.5) is 0 Å². The zero-order valence-corrected chi connectivity index (χ0v) is 12.9. The molecule has 0 aliphatic heterocycles. The predicted octanol–water partition coefficient (Wildman–Crippen LogP) is 4.20. The van der Waals surface area contributed by atoms with Crippen molar-refractivity contribution < 1.29 is 4.79 Å². The standard InChI is InChI=1S/C17H26N2O/c1-4-5-6-7-8-9-17(20)19-18-15(3)16-12-10-14(2)11-13-16/h10-13H,4-9H2,1-3H3,(H,19,20)/b18-15+. The Kier molecular flexibility index (Phi) is 7.63. The Hall–Kier alpha value is -1.64. The summed E-state index contributed by atoms with van der Waals surface area (Å²) in [6, 6.07) is 8.13. The summed E-state index contributed by atoms with van der Waals surface area (Å²) in [4.78, 5) is 11.6. The lowest BCUT2D eigenvalue weighted by Gasteiger charge is -2.03. The maximum Gasteiger partial charge on any atom is 0.240 e. The van der Waals surface area contributed by atoms with Gasteiger partial charge in [-0.1, -0.05) is 62.4 Å². The predicted molar refractivity (Wildman–Crippen MR) is 84.9 cm³/mol. The van der Waals surface area contributed by atoms with E-state index < -0.39 is 0 Å². The summed E-state index contributed by atoms with van der Waals surface area (Å²) in [7, 11) is 0. The minimum absolute atomic E-state index is 0.00737. The molecule has 110 valence electrons. The van der Waals surface area contributed by atoms with Crippen LogP contribution < -0.4 is 5.43 Å². The fraction of sp³-hybridized carbons (Fsp3) is 0.529. The number of hydrogen-bond donors (Lipinski definition) is 1. The van der Waals surface area contributed by atoms with Crippen LogP contribution in [0.1, 0.15) is 63.5 Å². The number of hydrogen-bond acceptors (Lipinski definition) is 2. The van der Waals surface area contributed by atoms with Gasteiger partial charge in [0.2, 0.25) is 5.91 Å². The van der Waals surface area contributed by atoms with Crippen LogP contribution in [-0.2, 0) is 4.79 Å². The van der Waals surface area contributed by atoms with Crippen LogP contribution in [0.2, 0.25) is 0 Å². The summed E-state index contributed by atoms with van der Waals surface area (Å²) in [6.07, 6.45) is 6.34. The van der Waals surface area contributed by atoms with Crippen LogP contribution in [0.15, 0.2) is 29.4 Å². The van der Waals surface area contributed by atoms with Gasteiger partial charge in [-0.15, -0.1) is 0 Å². The molecule has 1 rings (SSSR count). The molecule has 1 amide bonds. The second kappa shape index (κ2) is 9.29. The third-order valence-corrected chi connectivity index (χ3v) is 3.33. The van der Waals surface area contributed by atoms with Crippen molar-refractivity contribution in [2.24, 2.45) is 5.10 Å². The van der Waals surface area contributed by atoms with E-state index in [-0.39, 0.29) is 5.91 Å². The summed E-state index contributed by atoms with van der Waals surface area (Å²) in [6.45, 7) is 6.15. The summed E-state index contributed by atoms with van der Waals surface area (Å²) in [5.41, 5.74) is 5.73. The molecule has 0 spiro atoms. The van der Waals surface area contributed by atoms with Crippen molar-refractivity contribution in [1.29, 1.82) is 0 Å². The largest absolute Gasteiger partial charge is 0.273 e. The van der Waals surface area contributed by atoms with Crippen LogP contribution in [-0.4, -0.2) is 11.6 Å². The SMILES string of the molecule is CCCCCCCC(=O)N/N=C(\C)c1ccc(C)cc1. The normalized spacial score (nSPS) is 11.4. The van der Waals surface area contributed by atoms with Gasteiger partial charge in [0, 0.05) is 6.42 Å². The molecule has 1 N–H and O–H groups in total. The zero-order chi connectivity index (χ0) is 14.8. The second-order valence-corrected chi connectivity index (χ2v) is 5.26. The van der Waals surface area contributed by atoms with Crippen molar-refractivity contribution in [3.63, 3.8) is 0 Å². The molecular formula is C17H26N2O. The maximum absolute atomic E-state index is 11.6. The lowest BCUT2D eigenvalue weighted by atomic mass is 10.1. The highest BCUT2D eigenvalue weighted by Gasteiger charge is 2.01. The van der Waals surface area contributed by atoms with Crippen molar-refractivity contribution >= 4 is 11.6 Å². The molecule has 0 saturated heterocycles. The lowest BCUT2D eigenvalue weighted by molar-refractivity contribution is -0.121. The quantitative estimate of drug-likeness (QED) is 0.431. The summed E-state index contributed by atoms with van der Waals surface area (Å²) < 4.78 is 0. The van der Waals surface area contributed by atoms with Gasteiger partial charge in [-0.2, -0.15) is 5.10 Å². The summed E-state index contributed by atoms with van der Waals surface area (Å²) in [5.74, 6) is 0.00737. The number of nitrogens with zero attached hydrogens (tertiary/aromatic N) is 1. The molecule has 0 unspecified atom stereocenters. The van der Waals surface area contributed by atoms with Crippen LogP contribution in [0.25, 0.3) is 0 Å². The van der Waals surface area contributed by atoms with Crippen molar-refractivity contribution in [1.82, 2.24) is 5.43 Å². The molecule has 0 bridgehead atoms. The molecule has 0 aliphatic carbocycles. The number of aryl methyl sites for hydroxylation is 1. The Morgan fingerprint density at radius 3 is 2.40 bits per heavy atom. The maximum atomic E-state index is 11.6. The first-order chi connectivity index (χ1) is 9.63. The number of carbonyl (C=O) groups is 1. The number of unbranched alkanes of at least 4 members (excludes halogenated alkanes) is 4. The number of amides is 1. The van der Waals surface area contributed by atoms with Crippen molar-refractivity contribution in [2.45, 2.75) is 59.3 Å². The van der Waals surface area contributed by atoms with Crippen LogP contribution in [0, 0.1) is 6.92 Å². The fourth-order valence-electron chi connectivity index (χ4n) is 1.95. The van der Waals surface area contributed by atoms with E-state index in [9.17, 15) is 4.79 Å². The highest BCUT2D eigenvalue weighted by atomic mass is 16.2. The fourth-order valence-corrected chi connectivity index (χ4v) is 1.95. The smallest absolute Gasteiger partial charge is 0.240 e. The molecule has 0 aliphatic rings. The third kappa shape index (κ3) is 6.50. The Balaban J connectivity index is 2.31. The first-order valence-corrected chi connectivity index (χ1v) is 7.53. The average molecular weight is 274 g/mol. The summed E-state index contributed by atoms with van der Waals surface area (Å²) >= 11 is 0. The molecule has 3 nitrogen and oxygen atoms in total. The van der Waals surface area contributed by atoms with E-state index in [0.717, 1.165) is 24.1 Å². The number of hydrazone groups is 1. The molecule has 20 heavy (non-hydrogen) atoms. The lowest BCUT2D eigenvalue weighted by Crippen LogP contribution is -2.18. The van der Waals surface area contributed by atoms with Crippen molar-refractivity contribution in [2.75, 3.05) is 0 Å².